The van der Waals surface area contributed by atoms with E-state index >= 15 is 0 Å². The molecule has 1 N–H and O–H groups in total. The first-order valence-corrected chi connectivity index (χ1v) is 11.0. The highest BCUT2D eigenvalue weighted by atomic mass is 16.5. The smallest absolute Gasteiger partial charge is 0.344 e. The van der Waals surface area contributed by atoms with Crippen LogP contribution in [0.1, 0.15) is 54.6 Å². The van der Waals surface area contributed by atoms with E-state index in [0.717, 1.165) is 23.3 Å². The van der Waals surface area contributed by atoms with E-state index in [1.54, 1.807) is 6.92 Å². The summed E-state index contributed by atoms with van der Waals surface area (Å²) in [4.78, 5) is 25.1. The molecule has 0 unspecified atom stereocenters. The summed E-state index contributed by atoms with van der Waals surface area (Å²) in [6, 6.07) is 9.33. The molecule has 2 aromatic rings. The summed E-state index contributed by atoms with van der Waals surface area (Å²) in [6.45, 7) is 2.08. The van der Waals surface area contributed by atoms with Crippen molar-refractivity contribution in [1.82, 2.24) is 10.5 Å². The molecule has 1 aromatic heterocycles. The van der Waals surface area contributed by atoms with Gasteiger partial charge in [-0.25, -0.2) is 4.79 Å². The van der Waals surface area contributed by atoms with E-state index < -0.39 is 5.97 Å². The highest BCUT2D eigenvalue weighted by Crippen LogP contribution is 2.59. The standard InChI is InChI=1S/C24H28N2O4/c1-15-21(22(26-30-15)19-5-3-2-4-6-19)23(28)29-13-20(27)25-14-24-10-16-7-17(11-24)9-18(8-16)12-24/h2-6,16-18H,7-14H2,1H3,(H,25,27). The molecule has 0 radical (unpaired) electrons. The molecule has 0 atom stereocenters. The van der Waals surface area contributed by atoms with Crippen molar-refractivity contribution in [3.05, 3.63) is 41.7 Å². The first-order valence-electron chi connectivity index (χ1n) is 11.0. The molecule has 1 aromatic carbocycles. The Morgan fingerprint density at radius 1 is 1.10 bits per heavy atom. The summed E-state index contributed by atoms with van der Waals surface area (Å²) in [7, 11) is 0. The molecule has 30 heavy (non-hydrogen) atoms. The van der Waals surface area contributed by atoms with Crippen molar-refractivity contribution in [2.75, 3.05) is 13.2 Å². The lowest BCUT2D eigenvalue weighted by atomic mass is 9.49. The van der Waals surface area contributed by atoms with Gasteiger partial charge in [-0.15, -0.1) is 0 Å². The number of amides is 1. The molecule has 0 saturated heterocycles. The normalized spacial score (nSPS) is 29.0. The zero-order chi connectivity index (χ0) is 20.7. The molecular formula is C24H28N2O4. The van der Waals surface area contributed by atoms with Crippen LogP contribution in [0.2, 0.25) is 0 Å². The Balaban J connectivity index is 1.18. The SMILES string of the molecule is Cc1onc(-c2ccccc2)c1C(=O)OCC(=O)NCC12CC3CC(CC(C3)C1)C2. The lowest BCUT2D eigenvalue weighted by molar-refractivity contribution is -0.126. The molecule has 6 rings (SSSR count). The van der Waals surface area contributed by atoms with Crippen molar-refractivity contribution in [2.45, 2.75) is 45.4 Å². The maximum absolute atomic E-state index is 12.6. The van der Waals surface area contributed by atoms with Gasteiger partial charge in [0.05, 0.1) is 0 Å². The lowest BCUT2D eigenvalue weighted by Crippen LogP contribution is -2.51. The van der Waals surface area contributed by atoms with Crippen LogP contribution in [-0.2, 0) is 9.53 Å². The predicted octanol–water partition coefficient (Wildman–Crippen LogP) is 4.14. The summed E-state index contributed by atoms with van der Waals surface area (Å²) in [5, 5.41) is 7.05. The van der Waals surface area contributed by atoms with Gasteiger partial charge in [-0.05, 0) is 68.6 Å². The van der Waals surface area contributed by atoms with E-state index in [2.05, 4.69) is 10.5 Å². The van der Waals surface area contributed by atoms with Gasteiger partial charge in [0.25, 0.3) is 5.91 Å². The summed E-state index contributed by atoms with van der Waals surface area (Å²) >= 11 is 0. The van der Waals surface area contributed by atoms with Gasteiger partial charge in [-0.2, -0.15) is 0 Å². The Hall–Kier alpha value is -2.63. The van der Waals surface area contributed by atoms with E-state index in [-0.39, 0.29) is 23.5 Å². The van der Waals surface area contributed by atoms with Crippen LogP contribution < -0.4 is 5.32 Å². The number of carbonyl (C=O) groups excluding carboxylic acids is 2. The van der Waals surface area contributed by atoms with Gasteiger partial charge in [-0.1, -0.05) is 35.5 Å². The molecule has 1 heterocycles. The zero-order valence-corrected chi connectivity index (χ0v) is 17.4. The van der Waals surface area contributed by atoms with E-state index in [9.17, 15) is 9.59 Å². The third-order valence-electron chi connectivity index (χ3n) is 7.27. The second kappa shape index (κ2) is 7.56. The van der Waals surface area contributed by atoms with E-state index in [4.69, 9.17) is 9.26 Å². The highest BCUT2D eigenvalue weighted by Gasteiger charge is 2.50. The molecule has 4 bridgehead atoms. The van der Waals surface area contributed by atoms with Crippen molar-refractivity contribution >= 4 is 11.9 Å². The molecule has 0 spiro atoms. The van der Waals surface area contributed by atoms with Crippen LogP contribution in [0.15, 0.2) is 34.9 Å². The zero-order valence-electron chi connectivity index (χ0n) is 17.4. The Morgan fingerprint density at radius 2 is 1.73 bits per heavy atom. The maximum Gasteiger partial charge on any atom is 0.344 e. The molecule has 6 nitrogen and oxygen atoms in total. The van der Waals surface area contributed by atoms with Crippen molar-refractivity contribution < 1.29 is 18.8 Å². The van der Waals surface area contributed by atoms with Crippen LogP contribution in [0.5, 0.6) is 0 Å². The Bertz CT molecular complexity index is 914. The van der Waals surface area contributed by atoms with Crippen molar-refractivity contribution in [1.29, 1.82) is 0 Å². The second-order valence-corrected chi connectivity index (χ2v) is 9.60. The van der Waals surface area contributed by atoms with E-state index in [1.165, 1.54) is 38.5 Å². The van der Waals surface area contributed by atoms with Gasteiger partial charge in [0.2, 0.25) is 0 Å². The van der Waals surface area contributed by atoms with Gasteiger partial charge in [0.15, 0.2) is 6.61 Å². The fraction of sp³-hybridized carbons (Fsp3) is 0.542. The van der Waals surface area contributed by atoms with Gasteiger partial charge < -0.3 is 14.6 Å². The molecular weight excluding hydrogens is 380 g/mol. The number of rotatable bonds is 6. The first-order chi connectivity index (χ1) is 14.5. The lowest BCUT2D eigenvalue weighted by Gasteiger charge is -2.56. The molecule has 158 valence electrons. The van der Waals surface area contributed by atoms with E-state index in [1.807, 2.05) is 30.3 Å². The van der Waals surface area contributed by atoms with Crippen LogP contribution in [-0.4, -0.2) is 30.2 Å². The number of hydrogen-bond donors (Lipinski definition) is 1. The summed E-state index contributed by atoms with van der Waals surface area (Å²) < 4.78 is 10.5. The summed E-state index contributed by atoms with van der Waals surface area (Å²) in [6.07, 6.45) is 7.85. The summed E-state index contributed by atoms with van der Waals surface area (Å²) in [5.41, 5.74) is 1.75. The number of aryl methyl sites for hydroxylation is 1. The number of aromatic nitrogens is 1. The van der Waals surface area contributed by atoms with Gasteiger partial charge in [-0.3, -0.25) is 4.79 Å². The quantitative estimate of drug-likeness (QED) is 0.727. The highest BCUT2D eigenvalue weighted by molar-refractivity contribution is 5.98. The average Bonchev–Trinajstić information content (AvgIpc) is 3.12. The fourth-order valence-electron chi connectivity index (χ4n) is 6.45. The predicted molar refractivity (Wildman–Crippen MR) is 111 cm³/mol. The monoisotopic (exact) mass is 408 g/mol. The third-order valence-corrected chi connectivity index (χ3v) is 7.27. The molecule has 4 saturated carbocycles. The Kier molecular flexibility index (Phi) is 4.88. The topological polar surface area (TPSA) is 81.4 Å². The minimum atomic E-state index is -0.586. The van der Waals surface area contributed by atoms with Crippen molar-refractivity contribution in [2.24, 2.45) is 23.2 Å². The van der Waals surface area contributed by atoms with Crippen LogP contribution in [0.25, 0.3) is 11.3 Å². The minimum absolute atomic E-state index is 0.241. The van der Waals surface area contributed by atoms with Crippen molar-refractivity contribution in [3.8, 4) is 11.3 Å². The number of ether oxygens (including phenoxy) is 1. The molecule has 0 aliphatic heterocycles. The summed E-state index contributed by atoms with van der Waals surface area (Å²) in [5.74, 6) is 2.09. The number of nitrogens with one attached hydrogen (secondary N) is 1. The van der Waals surface area contributed by atoms with Crippen LogP contribution in [0.4, 0.5) is 0 Å². The van der Waals surface area contributed by atoms with Gasteiger partial charge in [0, 0.05) is 12.1 Å². The molecule has 4 aliphatic carbocycles. The van der Waals surface area contributed by atoms with Crippen molar-refractivity contribution in [3.63, 3.8) is 0 Å². The number of carbonyl (C=O) groups is 2. The largest absolute Gasteiger partial charge is 0.452 e. The van der Waals surface area contributed by atoms with Crippen LogP contribution in [0.3, 0.4) is 0 Å². The number of nitrogens with zero attached hydrogens (tertiary/aromatic N) is 1. The Labute approximate surface area is 176 Å². The Morgan fingerprint density at radius 3 is 2.37 bits per heavy atom. The van der Waals surface area contributed by atoms with Gasteiger partial charge >= 0.3 is 5.97 Å². The maximum atomic E-state index is 12.6. The number of esters is 1. The average molecular weight is 408 g/mol. The third kappa shape index (κ3) is 3.64. The van der Waals surface area contributed by atoms with Crippen LogP contribution in [0, 0.1) is 30.1 Å². The molecule has 6 heteroatoms. The van der Waals surface area contributed by atoms with E-state index in [0.29, 0.717) is 18.0 Å². The minimum Gasteiger partial charge on any atom is -0.452 e. The second-order valence-electron chi connectivity index (χ2n) is 9.60. The molecule has 4 fully saturated rings. The molecule has 4 aliphatic rings. The fourth-order valence-corrected chi connectivity index (χ4v) is 6.45. The molecule has 1 amide bonds. The number of benzene rings is 1. The first kappa shape index (κ1) is 19.3. The van der Waals surface area contributed by atoms with Gasteiger partial charge in [0.1, 0.15) is 17.0 Å². The van der Waals surface area contributed by atoms with Crippen LogP contribution >= 0.6 is 0 Å². The number of hydrogen-bond acceptors (Lipinski definition) is 5.